The van der Waals surface area contributed by atoms with Crippen LogP contribution in [0.4, 0.5) is 0 Å². The van der Waals surface area contributed by atoms with Crippen molar-refractivity contribution in [3.8, 4) is 17.8 Å². The Kier molecular flexibility index (Phi) is 2.43. The average Bonchev–Trinajstić information content (AvgIpc) is 2.16. The molecule has 5 heteroatoms. The molecule has 0 saturated heterocycles. The number of methoxy groups -OCH3 is 2. The first kappa shape index (κ1) is 8.27. The molecule has 0 aromatic carbocycles. The van der Waals surface area contributed by atoms with Gasteiger partial charge in [-0.2, -0.15) is 5.26 Å². The number of ether oxygens (including phenoxy) is 2. The van der Waals surface area contributed by atoms with Gasteiger partial charge in [0.2, 0.25) is 5.88 Å². The van der Waals surface area contributed by atoms with Gasteiger partial charge in [0.15, 0.2) is 0 Å². The molecule has 0 amide bonds. The Morgan fingerprint density at radius 3 is 2.58 bits per heavy atom. The van der Waals surface area contributed by atoms with E-state index in [1.54, 1.807) is 0 Å². The Hall–Kier alpha value is -1.83. The molecule has 0 atom stereocenters. The van der Waals surface area contributed by atoms with Crippen LogP contribution in [-0.2, 0) is 0 Å². The quantitative estimate of drug-likeness (QED) is 0.633. The molecule has 0 bridgehead atoms. The lowest BCUT2D eigenvalue weighted by Gasteiger charge is -2.01. The Morgan fingerprint density at radius 2 is 2.08 bits per heavy atom. The summed E-state index contributed by atoms with van der Waals surface area (Å²) >= 11 is 0. The number of rotatable bonds is 2. The molecule has 0 fully saturated rings. The highest BCUT2D eigenvalue weighted by atomic mass is 16.5. The standard InChI is InChI=1S/C7H7N3O2/c1-11-6-3-5(4-8)7(12-2)10-9-6/h3H,1-2H3. The Labute approximate surface area is 69.6 Å². The van der Waals surface area contributed by atoms with E-state index in [1.165, 1.54) is 20.3 Å². The van der Waals surface area contributed by atoms with Gasteiger partial charge in [-0.05, 0) is 0 Å². The summed E-state index contributed by atoms with van der Waals surface area (Å²) < 4.78 is 9.56. The lowest BCUT2D eigenvalue weighted by atomic mass is 10.3. The van der Waals surface area contributed by atoms with E-state index in [0.717, 1.165) is 0 Å². The molecule has 1 rings (SSSR count). The third-order valence-corrected chi connectivity index (χ3v) is 1.26. The van der Waals surface area contributed by atoms with Crippen LogP contribution in [0.2, 0.25) is 0 Å². The van der Waals surface area contributed by atoms with Gasteiger partial charge in [-0.25, -0.2) is 0 Å². The lowest BCUT2D eigenvalue weighted by Crippen LogP contribution is -1.96. The molecular weight excluding hydrogens is 158 g/mol. The van der Waals surface area contributed by atoms with Crippen LogP contribution in [-0.4, -0.2) is 24.4 Å². The molecule has 0 radical (unpaired) electrons. The number of hydrogen-bond acceptors (Lipinski definition) is 5. The Balaban J connectivity index is 3.13. The second-order valence-electron chi connectivity index (χ2n) is 1.92. The number of aromatic nitrogens is 2. The minimum Gasteiger partial charge on any atom is -0.480 e. The minimum absolute atomic E-state index is 0.207. The second-order valence-corrected chi connectivity index (χ2v) is 1.92. The van der Waals surface area contributed by atoms with E-state index in [9.17, 15) is 0 Å². The van der Waals surface area contributed by atoms with Gasteiger partial charge in [0.1, 0.15) is 11.6 Å². The fourth-order valence-electron chi connectivity index (χ4n) is 0.693. The van der Waals surface area contributed by atoms with Crippen LogP contribution in [0.5, 0.6) is 11.8 Å². The van der Waals surface area contributed by atoms with Crippen molar-refractivity contribution in [3.63, 3.8) is 0 Å². The van der Waals surface area contributed by atoms with Gasteiger partial charge < -0.3 is 9.47 Å². The van der Waals surface area contributed by atoms with Crippen LogP contribution in [0.1, 0.15) is 5.56 Å². The molecule has 62 valence electrons. The molecule has 0 spiro atoms. The first-order chi connectivity index (χ1) is 5.81. The molecule has 0 N–H and O–H groups in total. The van der Waals surface area contributed by atoms with Gasteiger partial charge in [-0.3, -0.25) is 0 Å². The molecule has 0 aliphatic carbocycles. The highest BCUT2D eigenvalue weighted by Gasteiger charge is 2.05. The highest BCUT2D eigenvalue weighted by molar-refractivity contribution is 5.39. The maximum Gasteiger partial charge on any atom is 0.251 e. The van der Waals surface area contributed by atoms with Crippen LogP contribution in [0.25, 0.3) is 0 Å². The van der Waals surface area contributed by atoms with Crippen LogP contribution in [0.15, 0.2) is 6.07 Å². The van der Waals surface area contributed by atoms with E-state index in [0.29, 0.717) is 11.4 Å². The van der Waals surface area contributed by atoms with Crippen LogP contribution in [0, 0.1) is 11.3 Å². The van der Waals surface area contributed by atoms with Crippen LogP contribution < -0.4 is 9.47 Å². The smallest absolute Gasteiger partial charge is 0.251 e. The molecule has 1 heterocycles. The fraction of sp³-hybridized carbons (Fsp3) is 0.286. The van der Waals surface area contributed by atoms with Crippen molar-refractivity contribution < 1.29 is 9.47 Å². The summed E-state index contributed by atoms with van der Waals surface area (Å²) in [6.45, 7) is 0. The Morgan fingerprint density at radius 1 is 1.33 bits per heavy atom. The Bertz CT molecular complexity index is 319. The van der Waals surface area contributed by atoms with Gasteiger partial charge in [0, 0.05) is 6.07 Å². The third-order valence-electron chi connectivity index (χ3n) is 1.26. The van der Waals surface area contributed by atoms with E-state index in [-0.39, 0.29) is 5.88 Å². The first-order valence-electron chi connectivity index (χ1n) is 3.17. The summed E-state index contributed by atoms with van der Waals surface area (Å²) in [5.74, 6) is 0.505. The zero-order chi connectivity index (χ0) is 8.97. The van der Waals surface area contributed by atoms with Crippen molar-refractivity contribution in [1.29, 1.82) is 5.26 Å². The summed E-state index contributed by atoms with van der Waals surface area (Å²) in [6.07, 6.45) is 0. The molecule has 0 saturated carbocycles. The predicted octanol–water partition coefficient (Wildman–Crippen LogP) is 0.365. The summed E-state index contributed by atoms with van der Waals surface area (Å²) in [5, 5.41) is 15.9. The number of hydrogen-bond donors (Lipinski definition) is 0. The van der Waals surface area contributed by atoms with Gasteiger partial charge in [-0.1, -0.05) is 0 Å². The van der Waals surface area contributed by atoms with Gasteiger partial charge in [0.05, 0.1) is 14.2 Å². The van der Waals surface area contributed by atoms with Crippen molar-refractivity contribution in [2.75, 3.05) is 14.2 Å². The van der Waals surface area contributed by atoms with E-state index in [1.807, 2.05) is 6.07 Å². The first-order valence-corrected chi connectivity index (χ1v) is 3.17. The summed E-state index contributed by atoms with van der Waals surface area (Å²) in [4.78, 5) is 0. The van der Waals surface area contributed by atoms with Crippen molar-refractivity contribution >= 4 is 0 Å². The molecule has 0 unspecified atom stereocenters. The lowest BCUT2D eigenvalue weighted by molar-refractivity contribution is 0.366. The van der Waals surface area contributed by atoms with E-state index < -0.39 is 0 Å². The maximum atomic E-state index is 8.62. The van der Waals surface area contributed by atoms with Gasteiger partial charge >= 0.3 is 0 Å². The van der Waals surface area contributed by atoms with Crippen molar-refractivity contribution in [2.45, 2.75) is 0 Å². The molecule has 5 nitrogen and oxygen atoms in total. The number of nitrogens with zero attached hydrogens (tertiary/aromatic N) is 3. The van der Waals surface area contributed by atoms with Crippen LogP contribution in [0.3, 0.4) is 0 Å². The summed E-state index contributed by atoms with van der Waals surface area (Å²) in [5.41, 5.74) is 0.310. The zero-order valence-corrected chi connectivity index (χ0v) is 6.74. The zero-order valence-electron chi connectivity index (χ0n) is 6.74. The molecular formula is C7H7N3O2. The third kappa shape index (κ3) is 1.42. The largest absolute Gasteiger partial charge is 0.480 e. The SMILES string of the molecule is COc1cc(C#N)c(OC)nn1. The molecule has 0 aliphatic heterocycles. The van der Waals surface area contributed by atoms with Gasteiger partial charge in [0.25, 0.3) is 5.88 Å². The second kappa shape index (κ2) is 3.53. The minimum atomic E-state index is 0.207. The summed E-state index contributed by atoms with van der Waals surface area (Å²) in [7, 11) is 2.88. The predicted molar refractivity (Wildman–Crippen MR) is 39.9 cm³/mol. The van der Waals surface area contributed by atoms with E-state index in [4.69, 9.17) is 14.7 Å². The van der Waals surface area contributed by atoms with E-state index in [2.05, 4.69) is 10.2 Å². The average molecular weight is 165 g/mol. The summed E-state index contributed by atoms with van der Waals surface area (Å²) in [6, 6.07) is 3.38. The van der Waals surface area contributed by atoms with E-state index >= 15 is 0 Å². The van der Waals surface area contributed by atoms with Crippen molar-refractivity contribution in [3.05, 3.63) is 11.6 Å². The monoisotopic (exact) mass is 165 g/mol. The normalized spacial score (nSPS) is 8.75. The molecule has 1 aromatic rings. The maximum absolute atomic E-state index is 8.62. The van der Waals surface area contributed by atoms with Crippen LogP contribution >= 0.6 is 0 Å². The van der Waals surface area contributed by atoms with Crippen molar-refractivity contribution in [2.24, 2.45) is 0 Å². The molecule has 1 aromatic heterocycles. The number of nitriles is 1. The molecule has 12 heavy (non-hydrogen) atoms. The van der Waals surface area contributed by atoms with Crippen molar-refractivity contribution in [1.82, 2.24) is 10.2 Å². The highest BCUT2D eigenvalue weighted by Crippen LogP contribution is 2.16. The topological polar surface area (TPSA) is 68.0 Å². The fourth-order valence-corrected chi connectivity index (χ4v) is 0.693. The molecule has 0 aliphatic rings. The van der Waals surface area contributed by atoms with Gasteiger partial charge in [-0.15, -0.1) is 10.2 Å².